The number of amides is 1. The van der Waals surface area contributed by atoms with E-state index >= 15 is 0 Å². The number of aromatic nitrogens is 4. The molecule has 28 heavy (non-hydrogen) atoms. The average molecular weight is 436 g/mol. The van der Waals surface area contributed by atoms with Gasteiger partial charge in [0.15, 0.2) is 5.69 Å². The van der Waals surface area contributed by atoms with E-state index in [-0.39, 0.29) is 11.9 Å². The van der Waals surface area contributed by atoms with Crippen LogP contribution in [-0.2, 0) is 6.42 Å². The minimum Gasteiger partial charge on any atom is -0.330 e. The molecule has 5 rings (SSSR count). The van der Waals surface area contributed by atoms with E-state index in [0.717, 1.165) is 22.0 Å². The zero-order valence-electron chi connectivity index (χ0n) is 15.3. The van der Waals surface area contributed by atoms with Crippen molar-refractivity contribution in [3.05, 3.63) is 76.3 Å². The molecule has 0 saturated carbocycles. The van der Waals surface area contributed by atoms with Gasteiger partial charge in [0.25, 0.3) is 5.91 Å². The fourth-order valence-electron chi connectivity index (χ4n) is 4.03. The number of benzene rings is 1. The summed E-state index contributed by atoms with van der Waals surface area (Å²) in [6, 6.07) is 12.0. The van der Waals surface area contributed by atoms with Crippen molar-refractivity contribution < 1.29 is 4.79 Å². The number of carbonyl (C=O) groups is 1. The van der Waals surface area contributed by atoms with Crippen molar-refractivity contribution in [1.29, 1.82) is 0 Å². The Kier molecular flexibility index (Phi) is 4.05. The molecule has 0 fully saturated rings. The second-order valence-electron chi connectivity index (χ2n) is 7.03. The Labute approximate surface area is 170 Å². The van der Waals surface area contributed by atoms with Gasteiger partial charge in [-0.2, -0.15) is 10.2 Å². The van der Waals surface area contributed by atoms with E-state index in [1.165, 1.54) is 16.7 Å². The Morgan fingerprint density at radius 1 is 1.29 bits per heavy atom. The Morgan fingerprint density at radius 3 is 3.00 bits per heavy atom. The van der Waals surface area contributed by atoms with Crippen LogP contribution in [0, 0.1) is 0 Å². The van der Waals surface area contributed by atoms with E-state index in [9.17, 15) is 4.79 Å². The highest BCUT2D eigenvalue weighted by Gasteiger charge is 2.31. The fraction of sp³-hybridized carbons (Fsp3) is 0.190. The van der Waals surface area contributed by atoms with Crippen LogP contribution < -0.4 is 0 Å². The van der Waals surface area contributed by atoms with Gasteiger partial charge in [0.1, 0.15) is 0 Å². The highest BCUT2D eigenvalue weighted by Crippen LogP contribution is 2.36. The van der Waals surface area contributed by atoms with Crippen molar-refractivity contribution in [2.75, 3.05) is 6.54 Å². The molecule has 0 saturated heterocycles. The van der Waals surface area contributed by atoms with Crippen LogP contribution in [0.2, 0.25) is 0 Å². The number of halogens is 1. The smallest absolute Gasteiger partial charge is 0.274 e. The summed E-state index contributed by atoms with van der Waals surface area (Å²) >= 11 is 3.44. The number of aromatic amines is 1. The predicted octanol–water partition coefficient (Wildman–Crippen LogP) is 4.25. The van der Waals surface area contributed by atoms with E-state index in [1.807, 2.05) is 47.8 Å². The topological polar surface area (TPSA) is 66.3 Å². The molecule has 1 aliphatic heterocycles. The number of H-pyrrole nitrogens is 1. The SMILES string of the molecule is CC1c2cccc(-c3cn[nH]c3)c2CCN1C(=O)c1cc2ccc(Br)cn2n1. The van der Waals surface area contributed by atoms with Crippen LogP contribution in [0.1, 0.15) is 34.6 Å². The van der Waals surface area contributed by atoms with Crippen molar-refractivity contribution in [3.8, 4) is 11.1 Å². The van der Waals surface area contributed by atoms with E-state index in [0.29, 0.717) is 12.2 Å². The normalized spacial score (nSPS) is 16.4. The molecule has 1 atom stereocenters. The lowest BCUT2D eigenvalue weighted by Crippen LogP contribution is -2.39. The number of hydrogen-bond acceptors (Lipinski definition) is 3. The van der Waals surface area contributed by atoms with Crippen LogP contribution in [0.15, 0.2) is 59.5 Å². The standard InChI is InChI=1S/C21H18BrN5O/c1-13-17-3-2-4-18(14-10-23-24-11-14)19(17)7-8-26(13)21(28)20-9-16-6-5-15(22)12-27(16)25-20/h2-6,9-13H,7-8H2,1H3,(H,23,24). The number of pyridine rings is 1. The van der Waals surface area contributed by atoms with Crippen molar-refractivity contribution in [2.24, 2.45) is 0 Å². The van der Waals surface area contributed by atoms with Gasteiger partial charge in [-0.05, 0) is 64.2 Å². The number of rotatable bonds is 2. The summed E-state index contributed by atoms with van der Waals surface area (Å²) in [5, 5.41) is 11.4. The molecule has 1 aromatic carbocycles. The Morgan fingerprint density at radius 2 is 2.18 bits per heavy atom. The largest absolute Gasteiger partial charge is 0.330 e. The highest BCUT2D eigenvalue weighted by atomic mass is 79.9. The third-order valence-corrected chi connectivity index (χ3v) is 5.91. The maximum Gasteiger partial charge on any atom is 0.274 e. The quantitative estimate of drug-likeness (QED) is 0.511. The summed E-state index contributed by atoms with van der Waals surface area (Å²) in [5.41, 5.74) is 6.11. The molecular weight excluding hydrogens is 418 g/mol. The molecule has 7 heteroatoms. The lowest BCUT2D eigenvalue weighted by molar-refractivity contribution is 0.0671. The van der Waals surface area contributed by atoms with Gasteiger partial charge in [0.2, 0.25) is 0 Å². The minimum absolute atomic E-state index is 0.0142. The molecule has 0 bridgehead atoms. The molecular formula is C21H18BrN5O. The average Bonchev–Trinajstić information content (AvgIpc) is 3.37. The van der Waals surface area contributed by atoms with Crippen LogP contribution in [0.3, 0.4) is 0 Å². The number of carbonyl (C=O) groups excluding carboxylic acids is 1. The molecule has 0 aliphatic carbocycles. The molecule has 4 heterocycles. The van der Waals surface area contributed by atoms with Crippen molar-refractivity contribution in [1.82, 2.24) is 24.7 Å². The predicted molar refractivity (Wildman–Crippen MR) is 110 cm³/mol. The van der Waals surface area contributed by atoms with E-state index < -0.39 is 0 Å². The van der Waals surface area contributed by atoms with Gasteiger partial charge in [-0.25, -0.2) is 4.52 Å². The fourth-order valence-corrected chi connectivity index (χ4v) is 4.35. The molecule has 3 aromatic heterocycles. The first-order valence-electron chi connectivity index (χ1n) is 9.18. The second kappa shape index (κ2) is 6.60. The van der Waals surface area contributed by atoms with Gasteiger partial charge >= 0.3 is 0 Å². The second-order valence-corrected chi connectivity index (χ2v) is 7.95. The highest BCUT2D eigenvalue weighted by molar-refractivity contribution is 9.10. The maximum absolute atomic E-state index is 13.2. The van der Waals surface area contributed by atoms with E-state index in [2.05, 4.69) is 50.3 Å². The Balaban J connectivity index is 1.49. The van der Waals surface area contributed by atoms with E-state index in [1.54, 1.807) is 4.52 Å². The van der Waals surface area contributed by atoms with Gasteiger partial charge < -0.3 is 4.90 Å². The monoisotopic (exact) mass is 435 g/mol. The van der Waals surface area contributed by atoms with Gasteiger partial charge in [-0.3, -0.25) is 9.89 Å². The van der Waals surface area contributed by atoms with Gasteiger partial charge in [0, 0.05) is 29.0 Å². The molecule has 140 valence electrons. The third-order valence-electron chi connectivity index (χ3n) is 5.45. The lowest BCUT2D eigenvalue weighted by Gasteiger charge is -2.35. The van der Waals surface area contributed by atoms with Crippen LogP contribution in [0.4, 0.5) is 0 Å². The summed E-state index contributed by atoms with van der Waals surface area (Å²) in [5.74, 6) is -0.0355. The van der Waals surface area contributed by atoms with Crippen molar-refractivity contribution >= 4 is 27.4 Å². The summed E-state index contributed by atoms with van der Waals surface area (Å²) in [4.78, 5) is 15.1. The summed E-state index contributed by atoms with van der Waals surface area (Å²) in [7, 11) is 0. The minimum atomic E-state index is -0.0355. The summed E-state index contributed by atoms with van der Waals surface area (Å²) < 4.78 is 2.66. The molecule has 0 radical (unpaired) electrons. The molecule has 1 aliphatic rings. The molecule has 1 N–H and O–H groups in total. The van der Waals surface area contributed by atoms with Crippen LogP contribution in [-0.4, -0.2) is 37.2 Å². The number of nitrogens with one attached hydrogen (secondary N) is 1. The molecule has 4 aromatic rings. The van der Waals surface area contributed by atoms with Crippen LogP contribution in [0.5, 0.6) is 0 Å². The van der Waals surface area contributed by atoms with Crippen LogP contribution >= 0.6 is 15.9 Å². The summed E-state index contributed by atoms with van der Waals surface area (Å²) in [6.07, 6.45) is 6.42. The molecule has 6 nitrogen and oxygen atoms in total. The first kappa shape index (κ1) is 17.2. The van der Waals surface area contributed by atoms with Gasteiger partial charge in [-0.15, -0.1) is 0 Å². The number of hydrogen-bond donors (Lipinski definition) is 1. The first-order valence-corrected chi connectivity index (χ1v) is 9.98. The molecule has 1 unspecified atom stereocenters. The number of nitrogens with zero attached hydrogens (tertiary/aromatic N) is 4. The zero-order valence-corrected chi connectivity index (χ0v) is 16.8. The Bertz CT molecular complexity index is 1180. The first-order chi connectivity index (χ1) is 13.6. The Hall–Kier alpha value is -2.93. The van der Waals surface area contributed by atoms with E-state index in [4.69, 9.17) is 0 Å². The number of fused-ring (bicyclic) bond motifs is 2. The molecule has 1 amide bonds. The zero-order chi connectivity index (χ0) is 19.3. The lowest BCUT2D eigenvalue weighted by atomic mass is 9.88. The molecule has 0 spiro atoms. The van der Waals surface area contributed by atoms with Crippen molar-refractivity contribution in [2.45, 2.75) is 19.4 Å². The maximum atomic E-state index is 13.2. The summed E-state index contributed by atoms with van der Waals surface area (Å²) in [6.45, 7) is 2.75. The van der Waals surface area contributed by atoms with Gasteiger partial charge in [-0.1, -0.05) is 18.2 Å². The van der Waals surface area contributed by atoms with Crippen LogP contribution in [0.25, 0.3) is 16.6 Å². The van der Waals surface area contributed by atoms with Crippen molar-refractivity contribution in [3.63, 3.8) is 0 Å². The third kappa shape index (κ3) is 2.74. The van der Waals surface area contributed by atoms with Gasteiger partial charge in [0.05, 0.1) is 17.8 Å².